The summed E-state index contributed by atoms with van der Waals surface area (Å²) in [6.45, 7) is 8.49. The average molecular weight is 362 g/mol. The molecule has 0 saturated carbocycles. The maximum atomic E-state index is 12.1. The van der Waals surface area contributed by atoms with Gasteiger partial charge in [0.25, 0.3) is 0 Å². The molecule has 25 heavy (non-hydrogen) atoms. The molecule has 2 aromatic rings. The van der Waals surface area contributed by atoms with Crippen molar-refractivity contribution < 1.29 is 9.90 Å². The van der Waals surface area contributed by atoms with Crippen LogP contribution in [0, 0.1) is 17.1 Å². The second-order valence-electron chi connectivity index (χ2n) is 7.31. The normalized spacial score (nSPS) is 12.8. The zero-order valence-corrected chi connectivity index (χ0v) is 16.0. The number of rotatable bonds is 6. The third-order valence-electron chi connectivity index (χ3n) is 4.12. The van der Waals surface area contributed by atoms with Gasteiger partial charge < -0.3 is 10.4 Å². The maximum absolute atomic E-state index is 12.1. The topological polar surface area (TPSA) is 82.9 Å². The van der Waals surface area contributed by atoms with Crippen LogP contribution in [0.1, 0.15) is 32.8 Å². The molecule has 1 aromatic carbocycles. The molecule has 0 aliphatic heterocycles. The lowest BCUT2D eigenvalue weighted by Crippen LogP contribution is -2.39. The van der Waals surface area contributed by atoms with Crippen LogP contribution in [0.4, 0.5) is 0 Å². The zero-order valence-electron chi connectivity index (χ0n) is 15.2. The van der Waals surface area contributed by atoms with Gasteiger partial charge in [-0.3, -0.25) is 14.5 Å². The number of H-pyrrole nitrogens is 1. The fraction of sp³-hybridized carbons (Fsp3) is 0.500. The largest absolute Gasteiger partial charge is 0.391 e. The van der Waals surface area contributed by atoms with E-state index in [2.05, 4.69) is 15.5 Å². The highest BCUT2D eigenvalue weighted by Crippen LogP contribution is 2.19. The van der Waals surface area contributed by atoms with Gasteiger partial charge in [-0.2, -0.15) is 5.10 Å². The Labute approximate surface area is 153 Å². The van der Waals surface area contributed by atoms with Crippen LogP contribution in [0.2, 0.25) is 0 Å². The first-order chi connectivity index (χ1) is 11.7. The van der Waals surface area contributed by atoms with Crippen molar-refractivity contribution in [3.8, 4) is 11.4 Å². The Morgan fingerprint density at radius 2 is 2.00 bits per heavy atom. The number of aliphatic hydroxyl groups is 1. The Morgan fingerprint density at radius 1 is 1.36 bits per heavy atom. The van der Waals surface area contributed by atoms with E-state index in [0.29, 0.717) is 17.1 Å². The molecule has 0 aliphatic carbocycles. The van der Waals surface area contributed by atoms with Crippen molar-refractivity contribution in [1.82, 2.24) is 20.1 Å². The van der Waals surface area contributed by atoms with Crippen LogP contribution in [0.5, 0.6) is 0 Å². The molecule has 7 heteroatoms. The smallest absolute Gasteiger partial charge is 0.221 e. The van der Waals surface area contributed by atoms with Gasteiger partial charge in [-0.15, -0.1) is 0 Å². The summed E-state index contributed by atoms with van der Waals surface area (Å²) in [4.78, 5) is 12.1. The van der Waals surface area contributed by atoms with Crippen LogP contribution in [0.25, 0.3) is 11.4 Å². The molecule has 1 atom stereocenters. The van der Waals surface area contributed by atoms with Crippen molar-refractivity contribution in [3.63, 3.8) is 0 Å². The molecule has 0 saturated heterocycles. The number of aromatic amines is 1. The van der Waals surface area contributed by atoms with Gasteiger partial charge in [0, 0.05) is 25.1 Å². The molecule has 2 rings (SSSR count). The summed E-state index contributed by atoms with van der Waals surface area (Å²) in [5.74, 6) is 0.591. The average Bonchev–Trinajstić information content (AvgIpc) is 2.91. The van der Waals surface area contributed by atoms with Gasteiger partial charge in [-0.1, -0.05) is 50.6 Å². The maximum Gasteiger partial charge on any atom is 0.221 e. The molecule has 0 radical (unpaired) electrons. The number of hydrogen-bond donors (Lipinski definition) is 3. The second-order valence-corrected chi connectivity index (χ2v) is 7.69. The van der Waals surface area contributed by atoms with Gasteiger partial charge in [0.2, 0.25) is 5.91 Å². The predicted molar refractivity (Wildman–Crippen MR) is 101 cm³/mol. The summed E-state index contributed by atoms with van der Waals surface area (Å²) >= 11 is 5.28. The quantitative estimate of drug-likeness (QED) is 0.690. The molecule has 136 valence electrons. The Hall–Kier alpha value is -1.99. The van der Waals surface area contributed by atoms with Crippen molar-refractivity contribution in [2.24, 2.45) is 5.41 Å². The number of aryl methyl sites for hydroxylation is 1. The third-order valence-corrected chi connectivity index (χ3v) is 4.43. The predicted octanol–water partition coefficient (Wildman–Crippen LogP) is 2.83. The van der Waals surface area contributed by atoms with Gasteiger partial charge >= 0.3 is 0 Å². The highest BCUT2D eigenvalue weighted by molar-refractivity contribution is 7.71. The second kappa shape index (κ2) is 7.93. The molecule has 1 unspecified atom stereocenters. The number of nitrogens with zero attached hydrogens (tertiary/aromatic N) is 2. The fourth-order valence-electron chi connectivity index (χ4n) is 2.27. The summed E-state index contributed by atoms with van der Waals surface area (Å²) in [7, 11) is 0. The van der Waals surface area contributed by atoms with Crippen LogP contribution in [0.15, 0.2) is 24.3 Å². The van der Waals surface area contributed by atoms with Crippen LogP contribution < -0.4 is 5.32 Å². The minimum Gasteiger partial charge on any atom is -0.391 e. The molecule has 3 N–H and O–H groups in total. The number of aromatic nitrogens is 3. The molecule has 1 aromatic heterocycles. The summed E-state index contributed by atoms with van der Waals surface area (Å²) in [5.41, 5.74) is 1.85. The van der Waals surface area contributed by atoms with E-state index in [0.717, 1.165) is 5.56 Å². The highest BCUT2D eigenvalue weighted by atomic mass is 32.1. The van der Waals surface area contributed by atoms with Gasteiger partial charge in [0.05, 0.1) is 6.10 Å². The Kier molecular flexibility index (Phi) is 6.13. The van der Waals surface area contributed by atoms with E-state index >= 15 is 0 Å². The Bertz CT molecular complexity index is 772. The van der Waals surface area contributed by atoms with E-state index in [4.69, 9.17) is 12.2 Å². The molecule has 0 aliphatic rings. The number of carbonyl (C=O) groups is 1. The SMILES string of the molecule is Cc1ccc(-c2n[nH]c(=S)n2CCC(=O)NCC(O)C(C)(C)C)cc1. The summed E-state index contributed by atoms with van der Waals surface area (Å²) in [6.07, 6.45) is -0.320. The molecular weight excluding hydrogens is 336 g/mol. The molecular formula is C18H26N4O2S. The lowest BCUT2D eigenvalue weighted by atomic mass is 9.89. The minimum absolute atomic E-state index is 0.124. The number of amides is 1. The molecule has 0 spiro atoms. The van der Waals surface area contributed by atoms with E-state index in [-0.39, 0.29) is 24.3 Å². The van der Waals surface area contributed by atoms with Crippen molar-refractivity contribution in [3.05, 3.63) is 34.6 Å². The number of benzene rings is 1. The Morgan fingerprint density at radius 3 is 2.60 bits per heavy atom. The van der Waals surface area contributed by atoms with Crippen LogP contribution in [0.3, 0.4) is 0 Å². The highest BCUT2D eigenvalue weighted by Gasteiger charge is 2.22. The van der Waals surface area contributed by atoms with E-state index in [1.54, 1.807) is 0 Å². The number of nitrogens with one attached hydrogen (secondary N) is 2. The minimum atomic E-state index is -0.587. The lowest BCUT2D eigenvalue weighted by molar-refractivity contribution is -0.122. The number of aliphatic hydroxyl groups excluding tert-OH is 1. The Balaban J connectivity index is 1.99. The van der Waals surface area contributed by atoms with Crippen molar-refractivity contribution in [2.45, 2.75) is 46.8 Å². The first-order valence-electron chi connectivity index (χ1n) is 8.35. The third kappa shape index (κ3) is 5.24. The van der Waals surface area contributed by atoms with E-state index in [9.17, 15) is 9.90 Å². The van der Waals surface area contributed by atoms with Crippen molar-refractivity contribution in [2.75, 3.05) is 6.54 Å². The van der Waals surface area contributed by atoms with Gasteiger partial charge in [0.1, 0.15) is 0 Å². The first-order valence-corrected chi connectivity index (χ1v) is 8.76. The number of carbonyl (C=O) groups excluding carboxylic acids is 1. The lowest BCUT2D eigenvalue weighted by Gasteiger charge is -2.25. The number of hydrogen-bond acceptors (Lipinski definition) is 4. The van der Waals surface area contributed by atoms with Crippen LogP contribution in [-0.2, 0) is 11.3 Å². The van der Waals surface area contributed by atoms with E-state index in [1.165, 1.54) is 5.56 Å². The molecule has 0 fully saturated rings. The summed E-state index contributed by atoms with van der Waals surface area (Å²) in [5, 5.41) is 19.8. The van der Waals surface area contributed by atoms with Crippen LogP contribution in [-0.4, -0.2) is 38.4 Å². The van der Waals surface area contributed by atoms with Crippen molar-refractivity contribution >= 4 is 18.1 Å². The summed E-state index contributed by atoms with van der Waals surface area (Å²) < 4.78 is 2.30. The van der Waals surface area contributed by atoms with E-state index < -0.39 is 6.10 Å². The monoisotopic (exact) mass is 362 g/mol. The summed E-state index contributed by atoms with van der Waals surface area (Å²) in [6, 6.07) is 7.99. The van der Waals surface area contributed by atoms with Gasteiger partial charge in [-0.25, -0.2) is 0 Å². The van der Waals surface area contributed by atoms with Gasteiger partial charge in [0.15, 0.2) is 10.6 Å². The first kappa shape index (κ1) is 19.3. The standard InChI is InChI=1S/C18H26N4O2S/c1-12-5-7-13(8-6-12)16-20-21-17(25)22(16)10-9-15(24)19-11-14(23)18(2,3)4/h5-8,14,23H,9-11H2,1-4H3,(H,19,24)(H,21,25). The van der Waals surface area contributed by atoms with E-state index in [1.807, 2.05) is 56.5 Å². The van der Waals surface area contributed by atoms with Crippen LogP contribution >= 0.6 is 12.2 Å². The molecule has 6 nitrogen and oxygen atoms in total. The van der Waals surface area contributed by atoms with Crippen molar-refractivity contribution in [1.29, 1.82) is 0 Å². The molecule has 1 heterocycles. The fourth-order valence-corrected chi connectivity index (χ4v) is 2.49. The van der Waals surface area contributed by atoms with Gasteiger partial charge in [-0.05, 0) is 24.6 Å². The molecule has 0 bridgehead atoms. The molecule has 1 amide bonds. The zero-order chi connectivity index (χ0) is 18.6.